The van der Waals surface area contributed by atoms with E-state index in [1.54, 1.807) is 48.5 Å². The van der Waals surface area contributed by atoms with Gasteiger partial charge in [0.15, 0.2) is 5.76 Å². The molecule has 0 aliphatic heterocycles. The highest BCUT2D eigenvalue weighted by Gasteiger charge is 2.13. The smallest absolute Gasteiger partial charge is 0.291 e. The maximum Gasteiger partial charge on any atom is 0.291 e. The molecule has 0 saturated heterocycles. The Hall–Kier alpha value is -3.41. The van der Waals surface area contributed by atoms with Crippen molar-refractivity contribution in [2.24, 2.45) is 0 Å². The Balaban J connectivity index is 1.69. The first-order valence-electron chi connectivity index (χ1n) is 7.60. The van der Waals surface area contributed by atoms with E-state index in [1.807, 2.05) is 0 Å². The summed E-state index contributed by atoms with van der Waals surface area (Å²) in [5.74, 6) is -0.862. The molecule has 0 atom stereocenters. The number of carbonyl (C=O) groups is 2. The molecule has 6 heteroatoms. The number of para-hydroxylation sites is 2. The fraction of sp³-hybridized carbons (Fsp3) is 0.0526. The van der Waals surface area contributed by atoms with Gasteiger partial charge < -0.3 is 15.1 Å². The van der Waals surface area contributed by atoms with Gasteiger partial charge in [-0.15, -0.1) is 0 Å². The van der Waals surface area contributed by atoms with Gasteiger partial charge in [0, 0.05) is 0 Å². The molecule has 0 fully saturated rings. The van der Waals surface area contributed by atoms with Crippen molar-refractivity contribution in [2.45, 2.75) is 6.42 Å². The van der Waals surface area contributed by atoms with Crippen LogP contribution in [0.2, 0.25) is 0 Å². The predicted molar refractivity (Wildman–Crippen MR) is 91.8 cm³/mol. The highest BCUT2D eigenvalue weighted by molar-refractivity contribution is 6.05. The third-order valence-electron chi connectivity index (χ3n) is 3.47. The van der Waals surface area contributed by atoms with Gasteiger partial charge in [0.25, 0.3) is 5.91 Å². The molecule has 0 spiro atoms. The number of hydrogen-bond acceptors (Lipinski definition) is 3. The molecular formula is C19H15FN2O3. The summed E-state index contributed by atoms with van der Waals surface area (Å²) >= 11 is 0. The summed E-state index contributed by atoms with van der Waals surface area (Å²) < 4.78 is 18.0. The van der Waals surface area contributed by atoms with E-state index in [0.29, 0.717) is 16.9 Å². The minimum Gasteiger partial charge on any atom is -0.459 e. The molecule has 2 amide bonds. The molecule has 0 saturated carbocycles. The molecule has 1 heterocycles. The Morgan fingerprint density at radius 1 is 0.880 bits per heavy atom. The molecule has 126 valence electrons. The van der Waals surface area contributed by atoms with Gasteiger partial charge in [0.05, 0.1) is 24.1 Å². The number of hydrogen-bond donors (Lipinski definition) is 2. The maximum absolute atomic E-state index is 12.9. The molecule has 0 aliphatic rings. The number of furan rings is 1. The van der Waals surface area contributed by atoms with Gasteiger partial charge >= 0.3 is 0 Å². The van der Waals surface area contributed by atoms with E-state index in [0.717, 1.165) is 0 Å². The van der Waals surface area contributed by atoms with Crippen molar-refractivity contribution in [3.05, 3.63) is 84.1 Å². The molecule has 0 aliphatic carbocycles. The van der Waals surface area contributed by atoms with Crippen LogP contribution in [0.5, 0.6) is 0 Å². The Morgan fingerprint density at radius 3 is 2.20 bits per heavy atom. The summed E-state index contributed by atoms with van der Waals surface area (Å²) in [4.78, 5) is 24.3. The lowest BCUT2D eigenvalue weighted by molar-refractivity contribution is -0.115. The van der Waals surface area contributed by atoms with Crippen LogP contribution in [0, 0.1) is 5.82 Å². The average Bonchev–Trinajstić information content (AvgIpc) is 3.13. The fourth-order valence-electron chi connectivity index (χ4n) is 2.27. The zero-order chi connectivity index (χ0) is 17.6. The largest absolute Gasteiger partial charge is 0.459 e. The Kier molecular flexibility index (Phi) is 4.89. The van der Waals surface area contributed by atoms with Crippen molar-refractivity contribution < 1.29 is 18.4 Å². The number of anilines is 2. The summed E-state index contributed by atoms with van der Waals surface area (Å²) in [6, 6.07) is 15.7. The standard InChI is InChI=1S/C19H15FN2O3/c20-14-9-7-13(8-10-14)12-18(23)21-15-4-1-2-5-16(15)22-19(24)17-6-3-11-25-17/h1-11H,12H2,(H,21,23)(H,22,24). The van der Waals surface area contributed by atoms with E-state index in [-0.39, 0.29) is 23.9 Å². The maximum atomic E-state index is 12.9. The van der Waals surface area contributed by atoms with Crippen molar-refractivity contribution in [3.63, 3.8) is 0 Å². The van der Waals surface area contributed by atoms with Gasteiger partial charge in [0.2, 0.25) is 5.91 Å². The lowest BCUT2D eigenvalue weighted by atomic mass is 10.1. The number of nitrogens with one attached hydrogen (secondary N) is 2. The van der Waals surface area contributed by atoms with E-state index >= 15 is 0 Å². The van der Waals surface area contributed by atoms with E-state index in [1.165, 1.54) is 18.4 Å². The average molecular weight is 338 g/mol. The van der Waals surface area contributed by atoms with E-state index in [9.17, 15) is 14.0 Å². The number of carbonyl (C=O) groups excluding carboxylic acids is 2. The number of benzene rings is 2. The van der Waals surface area contributed by atoms with Crippen LogP contribution in [0.4, 0.5) is 15.8 Å². The third kappa shape index (κ3) is 4.32. The topological polar surface area (TPSA) is 71.3 Å². The van der Waals surface area contributed by atoms with Gasteiger partial charge in [-0.05, 0) is 42.0 Å². The summed E-state index contributed by atoms with van der Waals surface area (Å²) in [5.41, 5.74) is 1.61. The quantitative estimate of drug-likeness (QED) is 0.742. The normalized spacial score (nSPS) is 10.3. The summed E-state index contributed by atoms with van der Waals surface area (Å²) in [6.45, 7) is 0. The molecule has 3 rings (SSSR count). The molecule has 1 aromatic heterocycles. The second-order valence-corrected chi connectivity index (χ2v) is 5.33. The third-order valence-corrected chi connectivity index (χ3v) is 3.47. The minimum atomic E-state index is -0.412. The van der Waals surface area contributed by atoms with E-state index < -0.39 is 5.91 Å². The molecule has 3 aromatic rings. The first-order chi connectivity index (χ1) is 12.1. The van der Waals surface area contributed by atoms with Crippen LogP contribution in [0.3, 0.4) is 0 Å². The van der Waals surface area contributed by atoms with Crippen LogP contribution < -0.4 is 10.6 Å². The summed E-state index contributed by atoms with van der Waals surface area (Å²) in [6.07, 6.45) is 1.51. The van der Waals surface area contributed by atoms with E-state index in [4.69, 9.17) is 4.42 Å². The highest BCUT2D eigenvalue weighted by atomic mass is 19.1. The summed E-state index contributed by atoms with van der Waals surface area (Å²) in [7, 11) is 0. The van der Waals surface area contributed by atoms with Crippen LogP contribution in [-0.4, -0.2) is 11.8 Å². The Morgan fingerprint density at radius 2 is 1.56 bits per heavy atom. The van der Waals surface area contributed by atoms with Crippen molar-refractivity contribution in [3.8, 4) is 0 Å². The highest BCUT2D eigenvalue weighted by Crippen LogP contribution is 2.22. The van der Waals surface area contributed by atoms with Gasteiger partial charge in [-0.1, -0.05) is 24.3 Å². The van der Waals surface area contributed by atoms with Crippen LogP contribution in [0.25, 0.3) is 0 Å². The van der Waals surface area contributed by atoms with Crippen LogP contribution in [0.15, 0.2) is 71.3 Å². The van der Waals surface area contributed by atoms with E-state index in [2.05, 4.69) is 10.6 Å². The van der Waals surface area contributed by atoms with Crippen molar-refractivity contribution in [2.75, 3.05) is 10.6 Å². The van der Waals surface area contributed by atoms with Crippen LogP contribution >= 0.6 is 0 Å². The van der Waals surface area contributed by atoms with Gasteiger partial charge in [-0.25, -0.2) is 4.39 Å². The molecule has 0 unspecified atom stereocenters. The van der Waals surface area contributed by atoms with Crippen molar-refractivity contribution in [1.29, 1.82) is 0 Å². The van der Waals surface area contributed by atoms with Gasteiger partial charge in [-0.2, -0.15) is 0 Å². The van der Waals surface area contributed by atoms with Crippen LogP contribution in [-0.2, 0) is 11.2 Å². The zero-order valence-corrected chi connectivity index (χ0v) is 13.2. The Bertz CT molecular complexity index is 874. The first kappa shape index (κ1) is 16.4. The number of rotatable bonds is 5. The van der Waals surface area contributed by atoms with Gasteiger partial charge in [0.1, 0.15) is 5.82 Å². The number of halogens is 1. The summed E-state index contributed by atoms with van der Waals surface area (Å²) in [5, 5.41) is 5.44. The minimum absolute atomic E-state index is 0.0980. The second-order valence-electron chi connectivity index (χ2n) is 5.33. The first-order valence-corrected chi connectivity index (χ1v) is 7.60. The molecule has 2 N–H and O–H groups in total. The van der Waals surface area contributed by atoms with Crippen molar-refractivity contribution in [1.82, 2.24) is 0 Å². The second kappa shape index (κ2) is 7.44. The monoisotopic (exact) mass is 338 g/mol. The molecule has 0 radical (unpaired) electrons. The SMILES string of the molecule is O=C(Cc1ccc(F)cc1)Nc1ccccc1NC(=O)c1ccco1. The molecule has 2 aromatic carbocycles. The predicted octanol–water partition coefficient (Wildman–Crippen LogP) is 3.85. The molecule has 5 nitrogen and oxygen atoms in total. The lowest BCUT2D eigenvalue weighted by Gasteiger charge is -2.11. The molecular weight excluding hydrogens is 323 g/mol. The molecule has 0 bridgehead atoms. The Labute approximate surface area is 143 Å². The van der Waals surface area contributed by atoms with Crippen molar-refractivity contribution >= 4 is 23.2 Å². The fourth-order valence-corrected chi connectivity index (χ4v) is 2.27. The number of amides is 2. The zero-order valence-electron chi connectivity index (χ0n) is 13.2. The van der Waals surface area contributed by atoms with Gasteiger partial charge in [-0.3, -0.25) is 9.59 Å². The molecule has 25 heavy (non-hydrogen) atoms. The van der Waals surface area contributed by atoms with Crippen LogP contribution in [0.1, 0.15) is 16.1 Å². The lowest BCUT2D eigenvalue weighted by Crippen LogP contribution is -2.17.